The number of hydrogen-bond donors (Lipinski definition) is 1. The molecule has 0 aromatic heterocycles. The molecule has 2 atom stereocenters. The summed E-state index contributed by atoms with van der Waals surface area (Å²) in [5.74, 6) is 0.725. The molecule has 1 aliphatic heterocycles. The van der Waals surface area contributed by atoms with Gasteiger partial charge in [0.25, 0.3) is 0 Å². The standard InChI is InChI=1S/C17H28N2O3/c1-22-11-10-19-14-6-3-8-17(14,9-7-15(19)20)12-18-16(21)13-4-2-5-13/h13-14H,2-12H2,1H3,(H,18,21)/t14-,17+/m1/s1. The van der Waals surface area contributed by atoms with Crippen molar-refractivity contribution >= 4 is 11.8 Å². The minimum absolute atomic E-state index is 0.0983. The first-order valence-electron chi connectivity index (χ1n) is 8.72. The molecule has 0 bridgehead atoms. The molecule has 1 heterocycles. The highest BCUT2D eigenvalue weighted by molar-refractivity contribution is 5.80. The second kappa shape index (κ2) is 6.57. The number of nitrogens with zero attached hydrogens (tertiary/aromatic N) is 1. The fourth-order valence-electron chi connectivity index (χ4n) is 4.41. The Morgan fingerprint density at radius 1 is 1.32 bits per heavy atom. The molecule has 5 nitrogen and oxygen atoms in total. The van der Waals surface area contributed by atoms with Crippen LogP contribution in [0.1, 0.15) is 51.4 Å². The molecule has 124 valence electrons. The smallest absolute Gasteiger partial charge is 0.223 e. The summed E-state index contributed by atoms with van der Waals surface area (Å²) in [6.07, 6.45) is 8.14. The van der Waals surface area contributed by atoms with Gasteiger partial charge in [-0.25, -0.2) is 0 Å². The van der Waals surface area contributed by atoms with Crippen molar-refractivity contribution in [1.29, 1.82) is 0 Å². The van der Waals surface area contributed by atoms with Crippen molar-refractivity contribution in [1.82, 2.24) is 10.2 Å². The SMILES string of the molecule is COCCN1C(=O)CC[C@]2(CNC(=O)C3CCC3)CCC[C@@H]12. The van der Waals surface area contributed by atoms with Crippen LogP contribution in [-0.4, -0.2) is 49.6 Å². The average Bonchev–Trinajstić information content (AvgIpc) is 2.87. The zero-order valence-electron chi connectivity index (χ0n) is 13.6. The van der Waals surface area contributed by atoms with Gasteiger partial charge in [0.1, 0.15) is 0 Å². The summed E-state index contributed by atoms with van der Waals surface area (Å²) in [5.41, 5.74) is 0.0983. The van der Waals surface area contributed by atoms with Crippen LogP contribution in [0.4, 0.5) is 0 Å². The van der Waals surface area contributed by atoms with Gasteiger partial charge in [0, 0.05) is 44.0 Å². The average molecular weight is 308 g/mol. The second-order valence-electron chi connectivity index (χ2n) is 7.20. The third-order valence-corrected chi connectivity index (χ3v) is 6.02. The van der Waals surface area contributed by atoms with Gasteiger partial charge in [-0.1, -0.05) is 12.8 Å². The molecule has 0 unspecified atom stereocenters. The predicted octanol–water partition coefficient (Wildman–Crippen LogP) is 1.71. The molecule has 1 saturated heterocycles. The lowest BCUT2D eigenvalue weighted by Gasteiger charge is -2.46. The Morgan fingerprint density at radius 2 is 2.14 bits per heavy atom. The normalized spacial score (nSPS) is 31.8. The van der Waals surface area contributed by atoms with Crippen molar-refractivity contribution < 1.29 is 14.3 Å². The Hall–Kier alpha value is -1.10. The summed E-state index contributed by atoms with van der Waals surface area (Å²) in [4.78, 5) is 26.5. The number of carbonyl (C=O) groups excluding carboxylic acids is 2. The Labute approximate surface area is 132 Å². The first-order valence-corrected chi connectivity index (χ1v) is 8.72. The molecular weight excluding hydrogens is 280 g/mol. The fraction of sp³-hybridized carbons (Fsp3) is 0.882. The molecule has 0 aromatic rings. The van der Waals surface area contributed by atoms with E-state index in [1.165, 1.54) is 6.42 Å². The Balaban J connectivity index is 1.64. The van der Waals surface area contributed by atoms with Crippen LogP contribution in [0.25, 0.3) is 0 Å². The molecule has 0 radical (unpaired) electrons. The quantitative estimate of drug-likeness (QED) is 0.812. The van der Waals surface area contributed by atoms with E-state index in [0.29, 0.717) is 19.6 Å². The Bertz CT molecular complexity index is 436. The van der Waals surface area contributed by atoms with Gasteiger partial charge in [-0.3, -0.25) is 9.59 Å². The molecule has 0 spiro atoms. The molecule has 2 aliphatic carbocycles. The van der Waals surface area contributed by atoms with Crippen molar-refractivity contribution in [2.45, 2.75) is 57.4 Å². The Morgan fingerprint density at radius 3 is 2.82 bits per heavy atom. The number of methoxy groups -OCH3 is 1. The van der Waals surface area contributed by atoms with E-state index in [1.54, 1.807) is 7.11 Å². The molecule has 22 heavy (non-hydrogen) atoms. The first kappa shape index (κ1) is 15.8. The number of hydrogen-bond acceptors (Lipinski definition) is 3. The number of rotatable bonds is 6. The highest BCUT2D eigenvalue weighted by atomic mass is 16.5. The van der Waals surface area contributed by atoms with Crippen LogP contribution in [0.5, 0.6) is 0 Å². The van der Waals surface area contributed by atoms with E-state index < -0.39 is 0 Å². The molecule has 0 aromatic carbocycles. The van der Waals surface area contributed by atoms with E-state index in [-0.39, 0.29) is 29.2 Å². The van der Waals surface area contributed by atoms with E-state index >= 15 is 0 Å². The number of fused-ring (bicyclic) bond motifs is 1. The van der Waals surface area contributed by atoms with Crippen molar-refractivity contribution in [3.63, 3.8) is 0 Å². The highest BCUT2D eigenvalue weighted by Gasteiger charge is 2.50. The number of nitrogens with one attached hydrogen (secondary N) is 1. The maximum absolute atomic E-state index is 12.3. The molecule has 3 fully saturated rings. The number of amides is 2. The topological polar surface area (TPSA) is 58.6 Å². The predicted molar refractivity (Wildman–Crippen MR) is 83.2 cm³/mol. The van der Waals surface area contributed by atoms with Crippen LogP contribution in [-0.2, 0) is 14.3 Å². The lowest BCUT2D eigenvalue weighted by atomic mass is 9.74. The maximum atomic E-state index is 12.3. The van der Waals surface area contributed by atoms with E-state index in [1.807, 2.05) is 4.90 Å². The third-order valence-electron chi connectivity index (χ3n) is 6.02. The van der Waals surface area contributed by atoms with E-state index in [2.05, 4.69) is 5.32 Å². The van der Waals surface area contributed by atoms with Crippen LogP contribution in [0.3, 0.4) is 0 Å². The van der Waals surface area contributed by atoms with Gasteiger partial charge in [0.05, 0.1) is 6.61 Å². The molecule has 3 rings (SSSR count). The van der Waals surface area contributed by atoms with Crippen LogP contribution in [0.2, 0.25) is 0 Å². The fourth-order valence-corrected chi connectivity index (χ4v) is 4.41. The van der Waals surface area contributed by atoms with Gasteiger partial charge in [-0.2, -0.15) is 0 Å². The number of likely N-dealkylation sites (tertiary alicyclic amines) is 1. The maximum Gasteiger partial charge on any atom is 0.223 e. The van der Waals surface area contributed by atoms with Gasteiger partial charge in [0.15, 0.2) is 0 Å². The minimum Gasteiger partial charge on any atom is -0.383 e. The van der Waals surface area contributed by atoms with Gasteiger partial charge >= 0.3 is 0 Å². The van der Waals surface area contributed by atoms with E-state index in [0.717, 1.165) is 45.1 Å². The minimum atomic E-state index is 0.0983. The molecule has 3 aliphatic rings. The summed E-state index contributed by atoms with van der Waals surface area (Å²) >= 11 is 0. The van der Waals surface area contributed by atoms with Crippen LogP contribution in [0.15, 0.2) is 0 Å². The summed E-state index contributed by atoms with van der Waals surface area (Å²) in [6.45, 7) is 2.01. The van der Waals surface area contributed by atoms with Gasteiger partial charge in [-0.05, 0) is 32.1 Å². The van der Waals surface area contributed by atoms with E-state index in [4.69, 9.17) is 4.74 Å². The molecule has 1 N–H and O–H groups in total. The summed E-state index contributed by atoms with van der Waals surface area (Å²) in [7, 11) is 1.68. The number of ether oxygens (including phenoxy) is 1. The summed E-state index contributed by atoms with van der Waals surface area (Å²) < 4.78 is 5.16. The zero-order valence-corrected chi connectivity index (χ0v) is 13.6. The van der Waals surface area contributed by atoms with Crippen molar-refractivity contribution in [3.8, 4) is 0 Å². The van der Waals surface area contributed by atoms with Crippen LogP contribution < -0.4 is 5.32 Å². The molecule has 2 saturated carbocycles. The lowest BCUT2D eigenvalue weighted by Crippen LogP contribution is -2.57. The summed E-state index contributed by atoms with van der Waals surface area (Å²) in [5, 5.41) is 3.20. The van der Waals surface area contributed by atoms with Crippen molar-refractivity contribution in [2.75, 3.05) is 26.8 Å². The van der Waals surface area contributed by atoms with Crippen molar-refractivity contribution in [2.24, 2.45) is 11.3 Å². The summed E-state index contributed by atoms with van der Waals surface area (Å²) in [6, 6.07) is 0.283. The number of piperidine rings is 1. The van der Waals surface area contributed by atoms with Gasteiger partial charge < -0.3 is 15.0 Å². The first-order chi connectivity index (χ1) is 10.7. The van der Waals surface area contributed by atoms with E-state index in [9.17, 15) is 9.59 Å². The van der Waals surface area contributed by atoms with Crippen molar-refractivity contribution in [3.05, 3.63) is 0 Å². The second-order valence-corrected chi connectivity index (χ2v) is 7.20. The molecular formula is C17H28N2O3. The largest absolute Gasteiger partial charge is 0.383 e. The third kappa shape index (κ3) is 2.87. The number of carbonyl (C=O) groups is 2. The van der Waals surface area contributed by atoms with Gasteiger partial charge in [0.2, 0.25) is 11.8 Å². The van der Waals surface area contributed by atoms with Crippen LogP contribution in [0, 0.1) is 11.3 Å². The molecule has 5 heteroatoms. The zero-order chi connectivity index (χ0) is 15.6. The Kier molecular flexibility index (Phi) is 4.71. The van der Waals surface area contributed by atoms with Gasteiger partial charge in [-0.15, -0.1) is 0 Å². The lowest BCUT2D eigenvalue weighted by molar-refractivity contribution is -0.143. The highest BCUT2D eigenvalue weighted by Crippen LogP contribution is 2.47. The molecule has 2 amide bonds. The van der Waals surface area contributed by atoms with Crippen LogP contribution >= 0.6 is 0 Å². The monoisotopic (exact) mass is 308 g/mol.